The molecule has 1 heterocycles. The summed E-state index contributed by atoms with van der Waals surface area (Å²) in [6.45, 7) is 4.00. The van der Waals surface area contributed by atoms with E-state index in [0.717, 1.165) is 16.6 Å². The highest BCUT2D eigenvalue weighted by Gasteiger charge is 2.13. The summed E-state index contributed by atoms with van der Waals surface area (Å²) in [6, 6.07) is 5.53. The molecule has 0 saturated heterocycles. The predicted octanol–water partition coefficient (Wildman–Crippen LogP) is 3.14. The predicted molar refractivity (Wildman–Crippen MR) is 85.3 cm³/mol. The van der Waals surface area contributed by atoms with Crippen LogP contribution in [-0.2, 0) is 9.53 Å². The van der Waals surface area contributed by atoms with Crippen molar-refractivity contribution in [3.8, 4) is 11.5 Å². The number of ether oxygens (including phenoxy) is 3. The number of benzene rings is 1. The van der Waals surface area contributed by atoms with Crippen LogP contribution in [0.2, 0.25) is 0 Å². The number of aromatic nitrogens is 1. The molecule has 2 aromatic rings. The van der Waals surface area contributed by atoms with Crippen molar-refractivity contribution in [1.29, 1.82) is 0 Å². The summed E-state index contributed by atoms with van der Waals surface area (Å²) in [5, 5.41) is 0.799. The van der Waals surface area contributed by atoms with Crippen molar-refractivity contribution < 1.29 is 19.0 Å². The normalized spacial score (nSPS) is 10.9. The molecular weight excluding hydrogens is 282 g/mol. The standard InChI is InChI=1S/C17H19NO4/c1-5-22-15(19)9-7-12-6-8-13(20-3)17-16(12)14(21-4)10-11(2)18-17/h6-10H,5H2,1-4H3/b9-7+. The fraction of sp³-hybridized carbons (Fsp3) is 0.294. The van der Waals surface area contributed by atoms with Crippen molar-refractivity contribution in [1.82, 2.24) is 4.98 Å². The number of carbonyl (C=O) groups is 1. The molecule has 0 N–H and O–H groups in total. The van der Waals surface area contributed by atoms with Crippen LogP contribution in [0.3, 0.4) is 0 Å². The Bertz CT molecular complexity index is 722. The van der Waals surface area contributed by atoms with Crippen LogP contribution in [-0.4, -0.2) is 31.8 Å². The molecule has 1 aromatic carbocycles. The van der Waals surface area contributed by atoms with E-state index in [-0.39, 0.29) is 5.97 Å². The maximum atomic E-state index is 11.5. The van der Waals surface area contributed by atoms with E-state index in [0.29, 0.717) is 23.6 Å². The maximum absolute atomic E-state index is 11.5. The van der Waals surface area contributed by atoms with Gasteiger partial charge in [-0.05, 0) is 31.6 Å². The molecule has 0 saturated carbocycles. The van der Waals surface area contributed by atoms with Gasteiger partial charge in [0.25, 0.3) is 0 Å². The van der Waals surface area contributed by atoms with Gasteiger partial charge in [-0.25, -0.2) is 9.78 Å². The minimum absolute atomic E-state index is 0.344. The summed E-state index contributed by atoms with van der Waals surface area (Å²) in [7, 11) is 3.20. The summed E-state index contributed by atoms with van der Waals surface area (Å²) in [5.74, 6) is 0.959. The van der Waals surface area contributed by atoms with E-state index in [2.05, 4.69) is 4.98 Å². The van der Waals surface area contributed by atoms with Crippen LogP contribution >= 0.6 is 0 Å². The smallest absolute Gasteiger partial charge is 0.330 e. The van der Waals surface area contributed by atoms with Gasteiger partial charge in [0.15, 0.2) is 0 Å². The molecule has 5 nitrogen and oxygen atoms in total. The Morgan fingerprint density at radius 3 is 2.59 bits per heavy atom. The van der Waals surface area contributed by atoms with Gasteiger partial charge in [-0.1, -0.05) is 6.07 Å². The molecule has 0 amide bonds. The molecule has 22 heavy (non-hydrogen) atoms. The van der Waals surface area contributed by atoms with Crippen molar-refractivity contribution in [2.75, 3.05) is 20.8 Å². The summed E-state index contributed by atoms with van der Waals surface area (Å²) in [4.78, 5) is 16.0. The lowest BCUT2D eigenvalue weighted by molar-refractivity contribution is -0.137. The number of fused-ring (bicyclic) bond motifs is 1. The van der Waals surface area contributed by atoms with E-state index < -0.39 is 0 Å². The second kappa shape index (κ2) is 6.93. The quantitative estimate of drug-likeness (QED) is 0.627. The van der Waals surface area contributed by atoms with Crippen molar-refractivity contribution in [3.05, 3.63) is 35.5 Å². The number of pyridine rings is 1. The number of nitrogens with zero attached hydrogens (tertiary/aromatic N) is 1. The van der Waals surface area contributed by atoms with E-state index in [9.17, 15) is 4.79 Å². The minimum Gasteiger partial charge on any atom is -0.496 e. The Morgan fingerprint density at radius 1 is 1.23 bits per heavy atom. The second-order valence-electron chi connectivity index (χ2n) is 4.63. The van der Waals surface area contributed by atoms with Gasteiger partial charge in [0.2, 0.25) is 0 Å². The maximum Gasteiger partial charge on any atom is 0.330 e. The Morgan fingerprint density at radius 2 is 1.95 bits per heavy atom. The Hall–Kier alpha value is -2.56. The van der Waals surface area contributed by atoms with Gasteiger partial charge in [0.1, 0.15) is 17.0 Å². The van der Waals surface area contributed by atoms with Crippen LogP contribution in [0.1, 0.15) is 18.2 Å². The van der Waals surface area contributed by atoms with Gasteiger partial charge in [0.05, 0.1) is 26.2 Å². The molecule has 2 rings (SSSR count). The molecule has 0 aliphatic carbocycles. The third-order valence-corrected chi connectivity index (χ3v) is 3.17. The average molecular weight is 301 g/mol. The third-order valence-electron chi connectivity index (χ3n) is 3.17. The van der Waals surface area contributed by atoms with Crippen LogP contribution in [0, 0.1) is 6.92 Å². The molecule has 0 aliphatic heterocycles. The third kappa shape index (κ3) is 3.19. The van der Waals surface area contributed by atoms with Gasteiger partial charge in [-0.2, -0.15) is 0 Å². The highest BCUT2D eigenvalue weighted by atomic mass is 16.5. The molecule has 116 valence electrons. The Balaban J connectivity index is 2.62. The summed E-state index contributed by atoms with van der Waals surface area (Å²) in [5.41, 5.74) is 2.34. The zero-order chi connectivity index (χ0) is 16.1. The number of methoxy groups -OCH3 is 2. The van der Waals surface area contributed by atoms with Crippen LogP contribution in [0.25, 0.3) is 17.0 Å². The molecule has 0 aliphatic rings. The zero-order valence-corrected chi connectivity index (χ0v) is 13.2. The first-order valence-electron chi connectivity index (χ1n) is 6.97. The highest BCUT2D eigenvalue weighted by Crippen LogP contribution is 2.35. The lowest BCUT2D eigenvalue weighted by atomic mass is 10.1. The number of esters is 1. The van der Waals surface area contributed by atoms with E-state index >= 15 is 0 Å². The first kappa shape index (κ1) is 15.8. The van der Waals surface area contributed by atoms with Crippen molar-refractivity contribution >= 4 is 22.9 Å². The number of hydrogen-bond donors (Lipinski definition) is 0. The molecule has 0 fully saturated rings. The Labute approximate surface area is 129 Å². The lowest BCUT2D eigenvalue weighted by Gasteiger charge is -2.12. The Kier molecular flexibility index (Phi) is 4.99. The number of hydrogen-bond acceptors (Lipinski definition) is 5. The van der Waals surface area contributed by atoms with Crippen molar-refractivity contribution in [2.45, 2.75) is 13.8 Å². The van der Waals surface area contributed by atoms with Crippen molar-refractivity contribution in [2.24, 2.45) is 0 Å². The fourth-order valence-corrected chi connectivity index (χ4v) is 2.24. The molecule has 0 unspecified atom stereocenters. The van der Waals surface area contributed by atoms with Crippen molar-refractivity contribution in [3.63, 3.8) is 0 Å². The molecule has 0 bridgehead atoms. The SMILES string of the molecule is CCOC(=O)/C=C/c1ccc(OC)c2nc(C)cc(OC)c12. The topological polar surface area (TPSA) is 57.7 Å². The summed E-state index contributed by atoms with van der Waals surface area (Å²) in [6.07, 6.45) is 3.09. The van der Waals surface area contributed by atoms with Gasteiger partial charge in [-0.3, -0.25) is 0 Å². The molecule has 0 radical (unpaired) electrons. The monoisotopic (exact) mass is 301 g/mol. The fourth-order valence-electron chi connectivity index (χ4n) is 2.24. The van der Waals surface area contributed by atoms with E-state index in [1.54, 1.807) is 27.2 Å². The van der Waals surface area contributed by atoms with Crippen LogP contribution < -0.4 is 9.47 Å². The van der Waals surface area contributed by atoms with Gasteiger partial charge in [-0.15, -0.1) is 0 Å². The molecule has 5 heteroatoms. The summed E-state index contributed by atoms with van der Waals surface area (Å²) >= 11 is 0. The number of carbonyl (C=O) groups excluding carboxylic acids is 1. The highest BCUT2D eigenvalue weighted by molar-refractivity contribution is 5.99. The van der Waals surface area contributed by atoms with Crippen LogP contribution in [0.15, 0.2) is 24.3 Å². The van der Waals surface area contributed by atoms with Crippen LogP contribution in [0.4, 0.5) is 0 Å². The van der Waals surface area contributed by atoms with E-state index in [4.69, 9.17) is 14.2 Å². The molecule has 1 aromatic heterocycles. The van der Waals surface area contributed by atoms with E-state index in [1.807, 2.05) is 25.1 Å². The lowest BCUT2D eigenvalue weighted by Crippen LogP contribution is -1.99. The van der Waals surface area contributed by atoms with E-state index in [1.165, 1.54) is 6.08 Å². The number of aryl methyl sites for hydroxylation is 1. The first-order valence-corrected chi connectivity index (χ1v) is 6.97. The van der Waals surface area contributed by atoms with Gasteiger partial charge in [0, 0.05) is 17.8 Å². The number of rotatable bonds is 5. The van der Waals surface area contributed by atoms with Gasteiger partial charge < -0.3 is 14.2 Å². The molecule has 0 spiro atoms. The van der Waals surface area contributed by atoms with Gasteiger partial charge >= 0.3 is 5.97 Å². The molecule has 0 atom stereocenters. The first-order chi connectivity index (χ1) is 10.6. The largest absolute Gasteiger partial charge is 0.496 e. The summed E-state index contributed by atoms with van der Waals surface area (Å²) < 4.78 is 15.7. The molecular formula is C17H19NO4. The second-order valence-corrected chi connectivity index (χ2v) is 4.63. The zero-order valence-electron chi connectivity index (χ0n) is 13.2. The van der Waals surface area contributed by atoms with Crippen LogP contribution in [0.5, 0.6) is 11.5 Å². The minimum atomic E-state index is -0.384. The average Bonchev–Trinajstić information content (AvgIpc) is 2.51.